The van der Waals surface area contributed by atoms with Crippen LogP contribution < -0.4 is 10.6 Å². The van der Waals surface area contributed by atoms with E-state index in [1.165, 1.54) is 6.07 Å². The topological polar surface area (TPSA) is 116 Å². The van der Waals surface area contributed by atoms with Gasteiger partial charge >= 0.3 is 6.09 Å². The van der Waals surface area contributed by atoms with Gasteiger partial charge in [0.15, 0.2) is 0 Å². The van der Waals surface area contributed by atoms with Crippen molar-refractivity contribution in [3.8, 4) is 16.9 Å². The predicted octanol–water partition coefficient (Wildman–Crippen LogP) is 4.18. The van der Waals surface area contributed by atoms with Gasteiger partial charge in [0, 0.05) is 28.6 Å². The highest BCUT2D eigenvalue weighted by molar-refractivity contribution is 5.97. The van der Waals surface area contributed by atoms with E-state index in [4.69, 9.17) is 4.74 Å². The number of aryl methyl sites for hydroxylation is 2. The third kappa shape index (κ3) is 5.00. The summed E-state index contributed by atoms with van der Waals surface area (Å²) in [5.74, 6) is -0.159. The van der Waals surface area contributed by atoms with Crippen molar-refractivity contribution >= 4 is 17.7 Å². The van der Waals surface area contributed by atoms with Gasteiger partial charge in [-0.1, -0.05) is 19.3 Å². The second-order valence-electron chi connectivity index (χ2n) is 8.65. The molecule has 0 aliphatic heterocycles. The van der Waals surface area contributed by atoms with E-state index in [9.17, 15) is 14.7 Å². The predicted molar refractivity (Wildman–Crippen MR) is 117 cm³/mol. The number of amides is 2. The van der Waals surface area contributed by atoms with Crippen molar-refractivity contribution < 1.29 is 19.4 Å². The first-order valence-electron chi connectivity index (χ1n) is 11.1. The summed E-state index contributed by atoms with van der Waals surface area (Å²) in [6.45, 7) is 3.76. The molecule has 1 heterocycles. The molecule has 0 radical (unpaired) electrons. The summed E-state index contributed by atoms with van der Waals surface area (Å²) in [7, 11) is 0. The number of aromatic amines is 1. The number of rotatable bonds is 6. The third-order valence-electron chi connectivity index (χ3n) is 6.14. The van der Waals surface area contributed by atoms with Crippen molar-refractivity contribution in [2.75, 3.05) is 5.32 Å². The molecule has 0 bridgehead atoms. The molecule has 0 spiro atoms. The number of phenolic OH excluding ortho intramolecular Hbond substituents is 1. The maximum absolute atomic E-state index is 13.1. The number of alkyl carbamates (subject to hydrolysis) is 1. The highest BCUT2D eigenvalue weighted by atomic mass is 16.6. The molecule has 1 aromatic heterocycles. The van der Waals surface area contributed by atoms with Crippen molar-refractivity contribution in [1.82, 2.24) is 15.5 Å². The fourth-order valence-corrected chi connectivity index (χ4v) is 4.35. The van der Waals surface area contributed by atoms with Gasteiger partial charge in [-0.2, -0.15) is 5.10 Å². The molecule has 0 unspecified atom stereocenters. The zero-order valence-electron chi connectivity index (χ0n) is 18.0. The quantitative estimate of drug-likeness (QED) is 0.553. The van der Waals surface area contributed by atoms with Crippen LogP contribution in [0.4, 0.5) is 10.5 Å². The number of carbonyl (C=O) groups is 2. The van der Waals surface area contributed by atoms with Crippen LogP contribution in [-0.2, 0) is 9.53 Å². The van der Waals surface area contributed by atoms with Crippen LogP contribution in [0.15, 0.2) is 18.2 Å². The fourth-order valence-electron chi connectivity index (χ4n) is 4.35. The Morgan fingerprint density at radius 2 is 1.90 bits per heavy atom. The van der Waals surface area contributed by atoms with Gasteiger partial charge in [0.2, 0.25) is 5.91 Å². The second kappa shape index (κ2) is 8.99. The van der Waals surface area contributed by atoms with Gasteiger partial charge in [-0.25, -0.2) is 4.79 Å². The van der Waals surface area contributed by atoms with Crippen molar-refractivity contribution in [2.45, 2.75) is 70.9 Å². The second-order valence-corrected chi connectivity index (χ2v) is 8.65. The number of nitrogens with one attached hydrogen (secondary N) is 3. The lowest BCUT2D eigenvalue weighted by atomic mass is 9.83. The van der Waals surface area contributed by atoms with E-state index in [2.05, 4.69) is 20.8 Å². The molecular weight excluding hydrogens is 396 g/mol. The number of carbonyl (C=O) groups excluding carboxylic acids is 2. The number of hydrogen-bond donors (Lipinski definition) is 4. The number of anilines is 1. The lowest BCUT2D eigenvalue weighted by Crippen LogP contribution is -2.49. The van der Waals surface area contributed by atoms with Crippen LogP contribution in [-0.4, -0.2) is 39.5 Å². The monoisotopic (exact) mass is 426 g/mol. The molecular formula is C23H30N4O4. The Morgan fingerprint density at radius 1 is 1.16 bits per heavy atom. The molecule has 8 nitrogen and oxygen atoms in total. The maximum atomic E-state index is 13.1. The van der Waals surface area contributed by atoms with Crippen LogP contribution in [0.25, 0.3) is 11.1 Å². The summed E-state index contributed by atoms with van der Waals surface area (Å²) >= 11 is 0. The van der Waals surface area contributed by atoms with Gasteiger partial charge in [-0.3, -0.25) is 9.89 Å². The van der Waals surface area contributed by atoms with E-state index < -0.39 is 12.1 Å². The Kier molecular flexibility index (Phi) is 6.15. The molecule has 2 saturated carbocycles. The summed E-state index contributed by atoms with van der Waals surface area (Å²) < 4.78 is 5.30. The van der Waals surface area contributed by atoms with E-state index in [0.29, 0.717) is 11.3 Å². The van der Waals surface area contributed by atoms with Gasteiger partial charge in [-0.15, -0.1) is 0 Å². The third-order valence-corrected chi connectivity index (χ3v) is 6.14. The molecule has 2 amide bonds. The number of benzene rings is 1. The summed E-state index contributed by atoms with van der Waals surface area (Å²) in [5, 5.41) is 23.3. The van der Waals surface area contributed by atoms with Crippen molar-refractivity contribution in [1.29, 1.82) is 0 Å². The standard InChI is InChI=1S/C23H30N4O4/c1-13-20(14(2)27-26-13)18-11-8-16(12-19(18)28)24-22(29)21(15-6-4-3-5-7-15)25-23(30)31-17-9-10-17/h8,11-12,15,17,21,28H,3-7,9-10H2,1-2H3,(H,24,29)(H,25,30)(H,26,27)/t21-/m0/s1. The summed E-state index contributed by atoms with van der Waals surface area (Å²) in [4.78, 5) is 25.3. The summed E-state index contributed by atoms with van der Waals surface area (Å²) in [5.41, 5.74) is 3.63. The number of phenols is 1. The van der Waals surface area contributed by atoms with E-state index >= 15 is 0 Å². The minimum absolute atomic E-state index is 0.0191. The molecule has 8 heteroatoms. The molecule has 4 rings (SSSR count). The van der Waals surface area contributed by atoms with Crippen LogP contribution in [0.3, 0.4) is 0 Å². The minimum atomic E-state index is -0.660. The Balaban J connectivity index is 1.49. The zero-order chi connectivity index (χ0) is 22.0. The molecule has 2 aromatic rings. The molecule has 4 N–H and O–H groups in total. The van der Waals surface area contributed by atoms with Crippen molar-refractivity contribution in [3.63, 3.8) is 0 Å². The van der Waals surface area contributed by atoms with Gasteiger partial charge in [0.05, 0.1) is 5.69 Å². The van der Waals surface area contributed by atoms with Gasteiger partial charge in [0.25, 0.3) is 0 Å². The van der Waals surface area contributed by atoms with Crippen LogP contribution >= 0.6 is 0 Å². The highest BCUT2D eigenvalue weighted by Crippen LogP contribution is 2.35. The fraction of sp³-hybridized carbons (Fsp3) is 0.522. The molecule has 1 aromatic carbocycles. The molecule has 2 fully saturated rings. The average Bonchev–Trinajstić information content (AvgIpc) is 3.50. The minimum Gasteiger partial charge on any atom is -0.507 e. The molecule has 2 aliphatic carbocycles. The molecule has 0 saturated heterocycles. The largest absolute Gasteiger partial charge is 0.507 e. The number of H-pyrrole nitrogens is 1. The van der Waals surface area contributed by atoms with Crippen LogP contribution in [0.5, 0.6) is 5.75 Å². The van der Waals surface area contributed by atoms with Crippen LogP contribution in [0.2, 0.25) is 0 Å². The van der Waals surface area contributed by atoms with Crippen molar-refractivity contribution in [2.24, 2.45) is 5.92 Å². The number of aromatic hydroxyl groups is 1. The van der Waals surface area contributed by atoms with E-state index in [1.807, 2.05) is 13.8 Å². The molecule has 31 heavy (non-hydrogen) atoms. The Morgan fingerprint density at radius 3 is 2.52 bits per heavy atom. The summed E-state index contributed by atoms with van der Waals surface area (Å²) in [6, 6.07) is 4.38. The van der Waals surface area contributed by atoms with Gasteiger partial charge in [0.1, 0.15) is 17.9 Å². The number of aromatic nitrogens is 2. The zero-order valence-corrected chi connectivity index (χ0v) is 18.0. The Bertz CT molecular complexity index is 941. The SMILES string of the molecule is Cc1n[nH]c(C)c1-c1ccc(NC(=O)[C@@H](NC(=O)OC2CC2)C2CCCCC2)cc1O. The normalized spacial score (nSPS) is 17.7. The first-order chi connectivity index (χ1) is 14.9. The van der Waals surface area contributed by atoms with Crippen LogP contribution in [0.1, 0.15) is 56.3 Å². The van der Waals surface area contributed by atoms with Crippen LogP contribution in [0, 0.1) is 19.8 Å². The molecule has 166 valence electrons. The van der Waals surface area contributed by atoms with Crippen molar-refractivity contribution in [3.05, 3.63) is 29.6 Å². The lowest BCUT2D eigenvalue weighted by molar-refractivity contribution is -0.119. The number of ether oxygens (including phenoxy) is 1. The Labute approximate surface area is 181 Å². The lowest BCUT2D eigenvalue weighted by Gasteiger charge is -2.29. The van der Waals surface area contributed by atoms with Gasteiger partial charge < -0.3 is 20.5 Å². The van der Waals surface area contributed by atoms with E-state index in [-0.39, 0.29) is 23.7 Å². The Hall–Kier alpha value is -3.03. The van der Waals surface area contributed by atoms with Gasteiger partial charge in [-0.05, 0) is 57.6 Å². The summed E-state index contributed by atoms with van der Waals surface area (Å²) in [6.07, 6.45) is 6.26. The average molecular weight is 427 g/mol. The first kappa shape index (κ1) is 21.2. The smallest absolute Gasteiger partial charge is 0.408 e. The first-order valence-corrected chi connectivity index (χ1v) is 11.1. The number of hydrogen-bond acceptors (Lipinski definition) is 5. The maximum Gasteiger partial charge on any atom is 0.408 e. The highest BCUT2D eigenvalue weighted by Gasteiger charge is 2.33. The molecule has 1 atom stereocenters. The van der Waals surface area contributed by atoms with E-state index in [0.717, 1.165) is 61.9 Å². The number of nitrogens with zero attached hydrogens (tertiary/aromatic N) is 1. The van der Waals surface area contributed by atoms with E-state index in [1.54, 1.807) is 12.1 Å². The molecule has 2 aliphatic rings.